The molecule has 2 aromatic carbocycles. The largest absolute Gasteiger partial charge is 0.451 e. The standard InChI is InChI=1S/C25H24Cl2N4O3S/c1-2-23(32)31-13-11-30(12-14-31)20-8-7-18(27)15-19(20)28-25(35)29-24(33)22-10-9-21(34-22)16-3-5-17(26)6-4-16/h3-10,15H,2,11-14H2,1H3,(H2,28,29,33,35). The van der Waals surface area contributed by atoms with Crippen molar-refractivity contribution in [3.8, 4) is 11.3 Å². The van der Waals surface area contributed by atoms with Crippen LogP contribution in [0.4, 0.5) is 11.4 Å². The molecule has 0 radical (unpaired) electrons. The molecule has 1 aliphatic heterocycles. The fraction of sp³-hybridized carbons (Fsp3) is 0.240. The highest BCUT2D eigenvalue weighted by molar-refractivity contribution is 7.80. The summed E-state index contributed by atoms with van der Waals surface area (Å²) in [7, 11) is 0. The Morgan fingerprint density at radius 2 is 1.66 bits per heavy atom. The Morgan fingerprint density at radius 3 is 2.34 bits per heavy atom. The van der Waals surface area contributed by atoms with Crippen LogP contribution in [0.1, 0.15) is 23.9 Å². The zero-order valence-corrected chi connectivity index (χ0v) is 21.3. The van der Waals surface area contributed by atoms with Crippen LogP contribution in [-0.4, -0.2) is 48.0 Å². The maximum atomic E-state index is 12.7. The number of carbonyl (C=O) groups excluding carboxylic acids is 2. The number of rotatable bonds is 5. The minimum absolute atomic E-state index is 0.114. The van der Waals surface area contributed by atoms with Crippen LogP contribution < -0.4 is 15.5 Å². The third-order valence-corrected chi connectivity index (χ3v) is 6.36. The molecule has 1 saturated heterocycles. The van der Waals surface area contributed by atoms with E-state index in [1.807, 2.05) is 30.0 Å². The number of amides is 2. The molecule has 7 nitrogen and oxygen atoms in total. The zero-order valence-electron chi connectivity index (χ0n) is 19.0. The molecule has 3 aromatic rings. The first kappa shape index (κ1) is 25.0. The Bertz CT molecular complexity index is 1240. The third-order valence-electron chi connectivity index (χ3n) is 5.67. The lowest BCUT2D eigenvalue weighted by Gasteiger charge is -2.37. The van der Waals surface area contributed by atoms with Crippen LogP contribution >= 0.6 is 35.4 Å². The van der Waals surface area contributed by atoms with Gasteiger partial charge in [-0.05, 0) is 66.8 Å². The Morgan fingerprint density at radius 1 is 0.971 bits per heavy atom. The molecule has 4 rings (SSSR count). The number of carbonyl (C=O) groups is 2. The second kappa shape index (κ2) is 11.1. The number of nitrogens with zero attached hydrogens (tertiary/aromatic N) is 2. The van der Waals surface area contributed by atoms with Crippen LogP contribution in [0.3, 0.4) is 0 Å². The Hall–Kier alpha value is -3.07. The molecule has 1 aliphatic rings. The summed E-state index contributed by atoms with van der Waals surface area (Å²) in [5, 5.41) is 6.99. The van der Waals surface area contributed by atoms with Crippen LogP contribution in [0.5, 0.6) is 0 Å². The molecule has 0 aliphatic carbocycles. The smallest absolute Gasteiger partial charge is 0.293 e. The van der Waals surface area contributed by atoms with Gasteiger partial charge in [0.1, 0.15) is 5.76 Å². The Labute approximate surface area is 219 Å². The molecule has 10 heteroatoms. The lowest BCUT2D eigenvalue weighted by atomic mass is 10.2. The van der Waals surface area contributed by atoms with Gasteiger partial charge in [-0.1, -0.05) is 30.1 Å². The summed E-state index contributed by atoms with van der Waals surface area (Å²) in [5.41, 5.74) is 2.36. The molecule has 2 heterocycles. The van der Waals surface area contributed by atoms with Crippen LogP contribution in [0.25, 0.3) is 11.3 Å². The highest BCUT2D eigenvalue weighted by Gasteiger charge is 2.22. The van der Waals surface area contributed by atoms with Crippen LogP contribution in [0.15, 0.2) is 59.0 Å². The molecule has 1 fully saturated rings. The van der Waals surface area contributed by atoms with Crippen molar-refractivity contribution in [3.05, 3.63) is 70.4 Å². The number of halogens is 2. The molecule has 1 aromatic heterocycles. The summed E-state index contributed by atoms with van der Waals surface area (Å²) in [6.07, 6.45) is 0.499. The van der Waals surface area contributed by atoms with Gasteiger partial charge in [0.05, 0.1) is 11.4 Å². The van der Waals surface area contributed by atoms with Gasteiger partial charge in [0, 0.05) is 48.2 Å². The van der Waals surface area contributed by atoms with E-state index in [9.17, 15) is 9.59 Å². The third kappa shape index (κ3) is 6.14. The van der Waals surface area contributed by atoms with E-state index >= 15 is 0 Å². The van der Waals surface area contributed by atoms with E-state index < -0.39 is 5.91 Å². The van der Waals surface area contributed by atoms with Gasteiger partial charge in [-0.3, -0.25) is 14.9 Å². The van der Waals surface area contributed by atoms with E-state index in [1.54, 1.807) is 36.4 Å². The van der Waals surface area contributed by atoms with Gasteiger partial charge < -0.3 is 19.5 Å². The fourth-order valence-corrected chi connectivity index (χ4v) is 4.35. The molecule has 2 N–H and O–H groups in total. The monoisotopic (exact) mass is 530 g/mol. The number of piperazine rings is 1. The van der Waals surface area contributed by atoms with Gasteiger partial charge in [-0.2, -0.15) is 0 Å². The maximum absolute atomic E-state index is 12.7. The average molecular weight is 531 g/mol. The minimum Gasteiger partial charge on any atom is -0.451 e. The molecule has 0 bridgehead atoms. The lowest BCUT2D eigenvalue weighted by Crippen LogP contribution is -2.48. The minimum atomic E-state index is -0.474. The van der Waals surface area contributed by atoms with Gasteiger partial charge in [0.25, 0.3) is 5.91 Å². The van der Waals surface area contributed by atoms with E-state index in [2.05, 4.69) is 15.5 Å². The quantitative estimate of drug-likeness (QED) is 0.427. The molecule has 0 spiro atoms. The topological polar surface area (TPSA) is 77.8 Å². The van der Waals surface area contributed by atoms with Crippen molar-refractivity contribution in [2.24, 2.45) is 0 Å². The summed E-state index contributed by atoms with van der Waals surface area (Å²) >= 11 is 17.5. The number of anilines is 2. The number of hydrogen-bond acceptors (Lipinski definition) is 5. The van der Waals surface area contributed by atoms with Gasteiger partial charge in [-0.15, -0.1) is 0 Å². The van der Waals surface area contributed by atoms with E-state index in [1.165, 1.54) is 0 Å². The molecular formula is C25H24Cl2N4O3S. The van der Waals surface area contributed by atoms with Crippen molar-refractivity contribution in [3.63, 3.8) is 0 Å². The van der Waals surface area contributed by atoms with Crippen molar-refractivity contribution >= 4 is 63.7 Å². The number of benzene rings is 2. The second-order valence-electron chi connectivity index (χ2n) is 7.96. The first-order valence-electron chi connectivity index (χ1n) is 11.1. The molecule has 0 unspecified atom stereocenters. The summed E-state index contributed by atoms with van der Waals surface area (Å²) in [6, 6.07) is 15.9. The number of furan rings is 1. The molecule has 0 atom stereocenters. The first-order valence-corrected chi connectivity index (χ1v) is 12.3. The normalized spacial score (nSPS) is 13.5. The number of thiocarbonyl (C=S) groups is 1. The molecule has 2 amide bonds. The highest BCUT2D eigenvalue weighted by atomic mass is 35.5. The van der Waals surface area contributed by atoms with Crippen LogP contribution in [0.2, 0.25) is 10.0 Å². The molecular weight excluding hydrogens is 507 g/mol. The van der Waals surface area contributed by atoms with Gasteiger partial charge in [-0.25, -0.2) is 0 Å². The summed E-state index contributed by atoms with van der Waals surface area (Å²) in [6.45, 7) is 4.52. The number of nitrogens with one attached hydrogen (secondary N) is 2. The van der Waals surface area contributed by atoms with E-state index in [4.69, 9.17) is 39.8 Å². The van der Waals surface area contributed by atoms with Crippen molar-refractivity contribution in [2.45, 2.75) is 13.3 Å². The van der Waals surface area contributed by atoms with Crippen molar-refractivity contribution < 1.29 is 14.0 Å². The van der Waals surface area contributed by atoms with Crippen LogP contribution in [-0.2, 0) is 4.79 Å². The summed E-state index contributed by atoms with van der Waals surface area (Å²) < 4.78 is 5.69. The lowest BCUT2D eigenvalue weighted by molar-refractivity contribution is -0.131. The summed E-state index contributed by atoms with van der Waals surface area (Å²) in [5.74, 6) is 0.351. The highest BCUT2D eigenvalue weighted by Crippen LogP contribution is 2.30. The zero-order chi connectivity index (χ0) is 24.9. The van der Waals surface area contributed by atoms with Crippen LogP contribution in [0, 0.1) is 0 Å². The Balaban J connectivity index is 1.41. The molecule has 0 saturated carbocycles. The van der Waals surface area contributed by atoms with Gasteiger partial charge >= 0.3 is 0 Å². The molecule has 35 heavy (non-hydrogen) atoms. The number of hydrogen-bond donors (Lipinski definition) is 2. The fourth-order valence-electron chi connectivity index (χ4n) is 3.85. The Kier molecular flexibility index (Phi) is 7.95. The maximum Gasteiger partial charge on any atom is 0.293 e. The average Bonchev–Trinajstić information content (AvgIpc) is 3.35. The predicted octanol–water partition coefficient (Wildman–Crippen LogP) is 5.44. The SMILES string of the molecule is CCC(=O)N1CCN(c2ccc(Cl)cc2NC(=S)NC(=O)c2ccc(-c3ccc(Cl)cc3)o2)CC1. The second-order valence-corrected chi connectivity index (χ2v) is 9.24. The van der Waals surface area contributed by atoms with Crippen molar-refractivity contribution in [1.82, 2.24) is 10.2 Å². The predicted molar refractivity (Wildman–Crippen MR) is 143 cm³/mol. The van der Waals surface area contributed by atoms with Crippen molar-refractivity contribution in [2.75, 3.05) is 36.4 Å². The van der Waals surface area contributed by atoms with Gasteiger partial charge in [0.2, 0.25) is 5.91 Å². The summed E-state index contributed by atoms with van der Waals surface area (Å²) in [4.78, 5) is 28.7. The van der Waals surface area contributed by atoms with Gasteiger partial charge in [0.15, 0.2) is 10.9 Å². The molecule has 182 valence electrons. The van der Waals surface area contributed by atoms with Crippen molar-refractivity contribution in [1.29, 1.82) is 0 Å². The van der Waals surface area contributed by atoms with E-state index in [-0.39, 0.29) is 16.8 Å². The van der Waals surface area contributed by atoms with E-state index in [0.717, 1.165) is 11.3 Å². The van der Waals surface area contributed by atoms with E-state index in [0.29, 0.717) is 54.1 Å². The first-order chi connectivity index (χ1) is 16.8.